The maximum absolute atomic E-state index is 12.3. The van der Waals surface area contributed by atoms with Gasteiger partial charge in [-0.15, -0.1) is 11.3 Å². The molecule has 0 bridgehead atoms. The van der Waals surface area contributed by atoms with E-state index in [4.69, 9.17) is 0 Å². The molecule has 4 aromatic rings. The molecule has 2 aromatic carbocycles. The van der Waals surface area contributed by atoms with Crippen LogP contribution in [-0.4, -0.2) is 30.0 Å². The Bertz CT molecular complexity index is 1240. The fourth-order valence-corrected chi connectivity index (χ4v) is 5.98. The summed E-state index contributed by atoms with van der Waals surface area (Å²) in [5.41, 5.74) is 1.71. The summed E-state index contributed by atoms with van der Waals surface area (Å²) >= 11 is 2.97. The molecule has 0 spiro atoms. The summed E-state index contributed by atoms with van der Waals surface area (Å²) in [5, 5.41) is 4.15. The quantitative estimate of drug-likeness (QED) is 0.530. The highest BCUT2D eigenvalue weighted by molar-refractivity contribution is 7.91. The summed E-state index contributed by atoms with van der Waals surface area (Å²) < 4.78 is 26.6. The Morgan fingerprint density at radius 3 is 2.41 bits per heavy atom. The molecular weight excluding hydrogens is 402 g/mol. The van der Waals surface area contributed by atoms with Crippen LogP contribution in [0.15, 0.2) is 47.4 Å². The first-order valence-corrected chi connectivity index (χ1v) is 11.5. The number of fused-ring (bicyclic) bond motifs is 3. The molecule has 0 unspecified atom stereocenters. The molecule has 27 heavy (non-hydrogen) atoms. The second-order valence-electron chi connectivity index (χ2n) is 5.94. The van der Waals surface area contributed by atoms with Crippen molar-refractivity contribution in [3.63, 3.8) is 0 Å². The summed E-state index contributed by atoms with van der Waals surface area (Å²) in [6.07, 6.45) is -0.123. The number of aromatic nitrogens is 2. The van der Waals surface area contributed by atoms with Gasteiger partial charge < -0.3 is 5.32 Å². The van der Waals surface area contributed by atoms with Crippen molar-refractivity contribution < 1.29 is 13.2 Å². The van der Waals surface area contributed by atoms with Gasteiger partial charge in [0.1, 0.15) is 0 Å². The van der Waals surface area contributed by atoms with Crippen LogP contribution in [0.5, 0.6) is 0 Å². The minimum absolute atomic E-state index is 0.123. The lowest BCUT2D eigenvalue weighted by Crippen LogP contribution is -2.17. The van der Waals surface area contributed by atoms with E-state index in [2.05, 4.69) is 15.3 Å². The first kappa shape index (κ1) is 18.0. The van der Waals surface area contributed by atoms with Crippen LogP contribution >= 0.6 is 22.7 Å². The van der Waals surface area contributed by atoms with E-state index in [0.717, 1.165) is 25.4 Å². The summed E-state index contributed by atoms with van der Waals surface area (Å²) in [6.45, 7) is 1.95. The zero-order valence-electron chi connectivity index (χ0n) is 14.3. The van der Waals surface area contributed by atoms with Crippen molar-refractivity contribution >= 4 is 64.0 Å². The fourth-order valence-electron chi connectivity index (χ4n) is 2.69. The van der Waals surface area contributed by atoms with Crippen molar-refractivity contribution in [1.29, 1.82) is 0 Å². The van der Waals surface area contributed by atoms with Gasteiger partial charge in [0, 0.05) is 6.42 Å². The van der Waals surface area contributed by atoms with Gasteiger partial charge in [-0.1, -0.05) is 29.5 Å². The maximum Gasteiger partial charge on any atom is 0.227 e. The average molecular weight is 418 g/mol. The molecule has 2 aromatic heterocycles. The molecule has 0 atom stereocenters. The summed E-state index contributed by atoms with van der Waals surface area (Å²) in [5.74, 6) is -0.614. The van der Waals surface area contributed by atoms with Crippen LogP contribution in [0.4, 0.5) is 5.13 Å². The zero-order chi connectivity index (χ0) is 19.0. The van der Waals surface area contributed by atoms with E-state index in [0.29, 0.717) is 5.13 Å². The minimum Gasteiger partial charge on any atom is -0.302 e. The van der Waals surface area contributed by atoms with Gasteiger partial charge in [-0.2, -0.15) is 0 Å². The predicted octanol–water partition coefficient (Wildman–Crippen LogP) is 4.02. The van der Waals surface area contributed by atoms with Gasteiger partial charge >= 0.3 is 0 Å². The monoisotopic (exact) mass is 417 g/mol. The molecule has 1 amide bonds. The van der Waals surface area contributed by atoms with E-state index in [1.54, 1.807) is 29.5 Å². The molecule has 138 valence electrons. The lowest BCUT2D eigenvalue weighted by Gasteiger charge is -2.04. The number of aryl methyl sites for hydroxylation is 1. The molecule has 0 radical (unpaired) electrons. The molecular formula is C18H15N3O3S3. The number of hydrogen-bond acceptors (Lipinski definition) is 7. The summed E-state index contributed by atoms with van der Waals surface area (Å²) in [7, 11) is -3.48. The minimum atomic E-state index is -3.48. The first-order valence-electron chi connectivity index (χ1n) is 8.17. The number of anilines is 1. The number of carbonyl (C=O) groups is 1. The van der Waals surface area contributed by atoms with Crippen LogP contribution < -0.4 is 5.32 Å². The standard InChI is InChI=1S/C18H15N3O3S3/c1-11-19-13-7-8-14-17(16(13)25-11)26-18(20-14)21-15(22)9-10-27(23,24)12-5-3-2-4-6-12/h2-8H,9-10H2,1H3,(H,20,21,22). The number of hydrogen-bond donors (Lipinski definition) is 1. The highest BCUT2D eigenvalue weighted by Crippen LogP contribution is 2.35. The fraction of sp³-hybridized carbons (Fsp3) is 0.167. The van der Waals surface area contributed by atoms with E-state index in [-0.39, 0.29) is 23.0 Å². The van der Waals surface area contributed by atoms with Gasteiger partial charge in [0.05, 0.1) is 36.1 Å². The van der Waals surface area contributed by atoms with Crippen LogP contribution in [0.1, 0.15) is 11.4 Å². The van der Waals surface area contributed by atoms with Gasteiger partial charge in [-0.3, -0.25) is 4.79 Å². The van der Waals surface area contributed by atoms with Crippen LogP contribution in [0, 0.1) is 6.92 Å². The molecule has 0 saturated carbocycles. The van der Waals surface area contributed by atoms with E-state index < -0.39 is 9.84 Å². The van der Waals surface area contributed by atoms with Gasteiger partial charge in [0.25, 0.3) is 0 Å². The lowest BCUT2D eigenvalue weighted by atomic mass is 10.3. The van der Waals surface area contributed by atoms with Crippen LogP contribution in [-0.2, 0) is 14.6 Å². The van der Waals surface area contributed by atoms with Gasteiger partial charge in [0.15, 0.2) is 15.0 Å². The third-order valence-electron chi connectivity index (χ3n) is 3.97. The predicted molar refractivity (Wildman–Crippen MR) is 109 cm³/mol. The zero-order valence-corrected chi connectivity index (χ0v) is 16.7. The number of nitrogens with one attached hydrogen (secondary N) is 1. The SMILES string of the molecule is Cc1nc2ccc3nc(NC(=O)CCS(=O)(=O)c4ccccc4)sc3c2s1. The van der Waals surface area contributed by atoms with Crippen molar-refractivity contribution in [2.75, 3.05) is 11.1 Å². The Labute approximate surface area is 163 Å². The van der Waals surface area contributed by atoms with Crippen LogP contribution in [0.25, 0.3) is 20.4 Å². The molecule has 1 N–H and O–H groups in total. The molecule has 0 saturated heterocycles. The third kappa shape index (κ3) is 3.71. The maximum atomic E-state index is 12.3. The Hall–Kier alpha value is -2.36. The van der Waals surface area contributed by atoms with Gasteiger partial charge in [-0.25, -0.2) is 18.4 Å². The largest absolute Gasteiger partial charge is 0.302 e. The molecule has 2 heterocycles. The molecule has 0 aliphatic carbocycles. The van der Waals surface area contributed by atoms with E-state index >= 15 is 0 Å². The number of benzene rings is 2. The van der Waals surface area contributed by atoms with Crippen LogP contribution in [0.3, 0.4) is 0 Å². The number of nitrogens with zero attached hydrogens (tertiary/aromatic N) is 2. The number of amides is 1. The number of sulfone groups is 1. The molecule has 6 nitrogen and oxygen atoms in total. The van der Waals surface area contributed by atoms with Crippen molar-refractivity contribution in [3.05, 3.63) is 47.5 Å². The number of rotatable bonds is 5. The van der Waals surface area contributed by atoms with Gasteiger partial charge in [-0.05, 0) is 31.2 Å². The highest BCUT2D eigenvalue weighted by Gasteiger charge is 2.17. The van der Waals surface area contributed by atoms with Crippen molar-refractivity contribution in [2.45, 2.75) is 18.2 Å². The third-order valence-corrected chi connectivity index (χ3v) is 7.83. The molecule has 0 aliphatic heterocycles. The van der Waals surface area contributed by atoms with E-state index in [9.17, 15) is 13.2 Å². The smallest absolute Gasteiger partial charge is 0.227 e. The van der Waals surface area contributed by atoms with Crippen LogP contribution in [0.2, 0.25) is 0 Å². The number of carbonyl (C=O) groups excluding carboxylic acids is 1. The number of thiazole rings is 2. The molecule has 4 rings (SSSR count). The Morgan fingerprint density at radius 1 is 1.00 bits per heavy atom. The van der Waals surface area contributed by atoms with Crippen molar-refractivity contribution in [2.24, 2.45) is 0 Å². The normalized spacial score (nSPS) is 11.9. The lowest BCUT2D eigenvalue weighted by molar-refractivity contribution is -0.115. The topological polar surface area (TPSA) is 89.0 Å². The Balaban J connectivity index is 1.49. The Kier molecular flexibility index (Phi) is 4.67. The second kappa shape index (κ2) is 6.99. The first-order chi connectivity index (χ1) is 12.9. The highest BCUT2D eigenvalue weighted by atomic mass is 32.2. The molecule has 0 fully saturated rings. The summed E-state index contributed by atoms with van der Waals surface area (Å²) in [6, 6.07) is 11.9. The summed E-state index contributed by atoms with van der Waals surface area (Å²) in [4.78, 5) is 21.3. The molecule has 0 aliphatic rings. The van der Waals surface area contributed by atoms with E-state index in [1.165, 1.54) is 23.5 Å². The molecule has 9 heteroatoms. The second-order valence-corrected chi connectivity index (χ2v) is 10.3. The average Bonchev–Trinajstić information content (AvgIpc) is 3.22. The van der Waals surface area contributed by atoms with Crippen molar-refractivity contribution in [1.82, 2.24) is 9.97 Å². The van der Waals surface area contributed by atoms with E-state index in [1.807, 2.05) is 19.1 Å². The van der Waals surface area contributed by atoms with Crippen molar-refractivity contribution in [3.8, 4) is 0 Å². The van der Waals surface area contributed by atoms with Gasteiger partial charge in [0.2, 0.25) is 5.91 Å². The Morgan fingerprint density at radius 2 is 1.67 bits per heavy atom.